The van der Waals surface area contributed by atoms with E-state index in [9.17, 15) is 9.59 Å². The predicted octanol–water partition coefficient (Wildman–Crippen LogP) is 1.81. The molecule has 0 saturated carbocycles. The SMILES string of the molecule is Cc1cc(C(=O)N(C)CCCC(=O)O)c2[nH]ncc2c1. The van der Waals surface area contributed by atoms with Crippen LogP contribution < -0.4 is 0 Å². The quantitative estimate of drug-likeness (QED) is 0.871. The van der Waals surface area contributed by atoms with Gasteiger partial charge in [-0.3, -0.25) is 14.7 Å². The van der Waals surface area contributed by atoms with Gasteiger partial charge < -0.3 is 10.0 Å². The molecule has 0 saturated heterocycles. The van der Waals surface area contributed by atoms with E-state index in [1.165, 1.54) is 4.90 Å². The molecule has 0 spiro atoms. The molecule has 6 heteroatoms. The minimum Gasteiger partial charge on any atom is -0.481 e. The molecule has 2 N–H and O–H groups in total. The number of carboxylic acid groups (broad SMARTS) is 1. The van der Waals surface area contributed by atoms with E-state index in [0.717, 1.165) is 10.9 Å². The van der Waals surface area contributed by atoms with Gasteiger partial charge in [-0.15, -0.1) is 0 Å². The first-order chi connectivity index (χ1) is 9.49. The predicted molar refractivity (Wildman–Crippen MR) is 74.7 cm³/mol. The van der Waals surface area contributed by atoms with E-state index in [0.29, 0.717) is 24.0 Å². The number of nitrogens with one attached hydrogen (secondary N) is 1. The van der Waals surface area contributed by atoms with Crippen molar-refractivity contribution in [1.29, 1.82) is 0 Å². The van der Waals surface area contributed by atoms with Gasteiger partial charge in [0, 0.05) is 25.4 Å². The van der Waals surface area contributed by atoms with Crippen LogP contribution in [0.4, 0.5) is 0 Å². The molecule has 20 heavy (non-hydrogen) atoms. The fraction of sp³-hybridized carbons (Fsp3) is 0.357. The van der Waals surface area contributed by atoms with Crippen LogP contribution in [0.15, 0.2) is 18.3 Å². The van der Waals surface area contributed by atoms with Crippen molar-refractivity contribution >= 4 is 22.8 Å². The molecule has 0 aliphatic rings. The molecule has 1 aromatic heterocycles. The van der Waals surface area contributed by atoms with Gasteiger partial charge in [0.1, 0.15) is 0 Å². The Kier molecular flexibility index (Phi) is 4.02. The van der Waals surface area contributed by atoms with Crippen molar-refractivity contribution in [1.82, 2.24) is 15.1 Å². The summed E-state index contributed by atoms with van der Waals surface area (Å²) in [6.07, 6.45) is 2.18. The van der Waals surface area contributed by atoms with E-state index in [2.05, 4.69) is 10.2 Å². The molecule has 0 aliphatic heterocycles. The molecule has 0 atom stereocenters. The van der Waals surface area contributed by atoms with Crippen LogP contribution in [0.2, 0.25) is 0 Å². The number of aliphatic carboxylic acids is 1. The van der Waals surface area contributed by atoms with Crippen LogP contribution in [0.25, 0.3) is 10.9 Å². The zero-order valence-electron chi connectivity index (χ0n) is 11.5. The summed E-state index contributed by atoms with van der Waals surface area (Å²) in [5.74, 6) is -0.981. The van der Waals surface area contributed by atoms with Crippen LogP contribution in [0.5, 0.6) is 0 Å². The van der Waals surface area contributed by atoms with Crippen LogP contribution in [0, 0.1) is 6.92 Å². The standard InChI is InChI=1S/C14H17N3O3/c1-9-6-10-8-15-16-13(10)11(7-9)14(20)17(2)5-3-4-12(18)19/h6-8H,3-5H2,1-2H3,(H,15,16)(H,18,19). The van der Waals surface area contributed by atoms with Gasteiger partial charge >= 0.3 is 5.97 Å². The number of aryl methyl sites for hydroxylation is 1. The minimum absolute atomic E-state index is 0.0604. The number of amides is 1. The fourth-order valence-electron chi connectivity index (χ4n) is 2.15. The van der Waals surface area contributed by atoms with E-state index < -0.39 is 5.97 Å². The number of hydrogen-bond donors (Lipinski definition) is 2. The van der Waals surface area contributed by atoms with Crippen LogP contribution >= 0.6 is 0 Å². The van der Waals surface area contributed by atoms with Gasteiger partial charge in [0.15, 0.2) is 0 Å². The topological polar surface area (TPSA) is 86.3 Å². The molecule has 1 aromatic carbocycles. The largest absolute Gasteiger partial charge is 0.481 e. The van der Waals surface area contributed by atoms with Crippen molar-refractivity contribution in [2.45, 2.75) is 19.8 Å². The Labute approximate surface area is 116 Å². The molecule has 0 fully saturated rings. The third-order valence-corrected chi connectivity index (χ3v) is 3.15. The number of benzene rings is 1. The van der Waals surface area contributed by atoms with Crippen molar-refractivity contribution in [3.8, 4) is 0 Å². The summed E-state index contributed by atoms with van der Waals surface area (Å²) in [4.78, 5) is 24.4. The summed E-state index contributed by atoms with van der Waals surface area (Å²) in [6, 6.07) is 3.77. The van der Waals surface area contributed by atoms with Crippen molar-refractivity contribution in [3.63, 3.8) is 0 Å². The Morgan fingerprint density at radius 2 is 2.15 bits per heavy atom. The molecule has 0 bridgehead atoms. The lowest BCUT2D eigenvalue weighted by Crippen LogP contribution is -2.28. The zero-order chi connectivity index (χ0) is 14.7. The molecular weight excluding hydrogens is 258 g/mol. The number of carbonyl (C=O) groups excluding carboxylic acids is 1. The second kappa shape index (κ2) is 5.73. The van der Waals surface area contributed by atoms with Crippen LogP contribution in [0.3, 0.4) is 0 Å². The Balaban J connectivity index is 2.18. The average Bonchev–Trinajstić information content (AvgIpc) is 2.84. The number of carboxylic acids is 1. The fourth-order valence-corrected chi connectivity index (χ4v) is 2.15. The minimum atomic E-state index is -0.850. The second-order valence-electron chi connectivity index (χ2n) is 4.87. The lowest BCUT2D eigenvalue weighted by Gasteiger charge is -2.17. The first kappa shape index (κ1) is 14.0. The molecule has 0 unspecified atom stereocenters. The first-order valence-electron chi connectivity index (χ1n) is 6.40. The number of fused-ring (bicyclic) bond motifs is 1. The van der Waals surface area contributed by atoms with Gasteiger partial charge in [-0.2, -0.15) is 5.10 Å². The molecule has 1 amide bonds. The van der Waals surface area contributed by atoms with E-state index in [1.54, 1.807) is 13.2 Å². The number of carbonyl (C=O) groups is 2. The Morgan fingerprint density at radius 3 is 2.85 bits per heavy atom. The normalized spacial score (nSPS) is 10.7. The molecule has 2 aromatic rings. The highest BCUT2D eigenvalue weighted by atomic mass is 16.4. The molecule has 6 nitrogen and oxygen atoms in total. The van der Waals surface area contributed by atoms with Crippen molar-refractivity contribution in [2.24, 2.45) is 0 Å². The summed E-state index contributed by atoms with van der Waals surface area (Å²) in [5, 5.41) is 16.3. The third kappa shape index (κ3) is 2.96. The summed E-state index contributed by atoms with van der Waals surface area (Å²) in [7, 11) is 1.68. The summed E-state index contributed by atoms with van der Waals surface area (Å²) < 4.78 is 0. The maximum absolute atomic E-state index is 12.4. The third-order valence-electron chi connectivity index (χ3n) is 3.15. The maximum atomic E-state index is 12.4. The molecule has 1 heterocycles. The summed E-state index contributed by atoms with van der Waals surface area (Å²) in [6.45, 7) is 2.34. The van der Waals surface area contributed by atoms with Crippen LogP contribution in [-0.4, -0.2) is 45.7 Å². The van der Waals surface area contributed by atoms with E-state index in [4.69, 9.17) is 5.11 Å². The lowest BCUT2D eigenvalue weighted by molar-refractivity contribution is -0.137. The first-order valence-corrected chi connectivity index (χ1v) is 6.40. The Hall–Kier alpha value is -2.37. The molecule has 0 radical (unpaired) electrons. The van der Waals surface area contributed by atoms with E-state index in [-0.39, 0.29) is 12.3 Å². The number of rotatable bonds is 5. The maximum Gasteiger partial charge on any atom is 0.303 e. The van der Waals surface area contributed by atoms with Gasteiger partial charge in [-0.1, -0.05) is 0 Å². The van der Waals surface area contributed by atoms with E-state index in [1.807, 2.05) is 19.1 Å². The van der Waals surface area contributed by atoms with Crippen LogP contribution in [-0.2, 0) is 4.79 Å². The van der Waals surface area contributed by atoms with Gasteiger partial charge in [-0.25, -0.2) is 0 Å². The average molecular weight is 275 g/mol. The van der Waals surface area contributed by atoms with Gasteiger partial charge in [0.2, 0.25) is 0 Å². The van der Waals surface area contributed by atoms with Crippen molar-refractivity contribution in [3.05, 3.63) is 29.5 Å². The number of hydrogen-bond acceptors (Lipinski definition) is 3. The van der Waals surface area contributed by atoms with Gasteiger partial charge in [0.05, 0.1) is 17.3 Å². The highest BCUT2D eigenvalue weighted by molar-refractivity contribution is 6.05. The number of nitrogens with zero attached hydrogens (tertiary/aromatic N) is 2. The van der Waals surface area contributed by atoms with Crippen LogP contribution in [0.1, 0.15) is 28.8 Å². The monoisotopic (exact) mass is 275 g/mol. The lowest BCUT2D eigenvalue weighted by atomic mass is 10.1. The molecule has 2 rings (SSSR count). The van der Waals surface area contributed by atoms with Crippen molar-refractivity contribution in [2.75, 3.05) is 13.6 Å². The van der Waals surface area contributed by atoms with Gasteiger partial charge in [0.25, 0.3) is 5.91 Å². The highest BCUT2D eigenvalue weighted by Gasteiger charge is 2.16. The molecule has 0 aliphatic carbocycles. The zero-order valence-corrected chi connectivity index (χ0v) is 11.5. The Bertz CT molecular complexity index is 648. The summed E-state index contributed by atoms with van der Waals surface area (Å²) >= 11 is 0. The Morgan fingerprint density at radius 1 is 1.40 bits per heavy atom. The van der Waals surface area contributed by atoms with Crippen molar-refractivity contribution < 1.29 is 14.7 Å². The number of H-pyrrole nitrogens is 1. The van der Waals surface area contributed by atoms with Gasteiger partial charge in [-0.05, 0) is 31.0 Å². The number of aromatic nitrogens is 2. The molecule has 106 valence electrons. The smallest absolute Gasteiger partial charge is 0.303 e. The molecular formula is C14H17N3O3. The van der Waals surface area contributed by atoms with E-state index >= 15 is 0 Å². The number of aromatic amines is 1. The second-order valence-corrected chi connectivity index (χ2v) is 4.87. The highest BCUT2D eigenvalue weighted by Crippen LogP contribution is 2.20. The summed E-state index contributed by atoms with van der Waals surface area (Å²) in [5.41, 5.74) is 2.27.